The Hall–Kier alpha value is -1.84. The average molecular weight is 205 g/mol. The van der Waals surface area contributed by atoms with Gasteiger partial charge in [-0.15, -0.1) is 0 Å². The molecule has 0 radical (unpaired) electrons. The predicted octanol–water partition coefficient (Wildman–Crippen LogP) is 1.13. The number of amides is 2. The van der Waals surface area contributed by atoms with Crippen molar-refractivity contribution in [1.29, 1.82) is 0 Å². The Morgan fingerprint density at radius 2 is 2.20 bits per heavy atom. The number of benzene rings is 1. The molecule has 2 amide bonds. The molecule has 0 bridgehead atoms. The topological polar surface area (TPSA) is 46.6 Å². The van der Waals surface area contributed by atoms with E-state index in [9.17, 15) is 9.59 Å². The van der Waals surface area contributed by atoms with Crippen LogP contribution in [-0.2, 0) is 16.0 Å². The fourth-order valence-electron chi connectivity index (χ4n) is 1.75. The number of ether oxygens (including phenoxy) is 1. The third-order valence-corrected chi connectivity index (χ3v) is 2.44. The number of imide groups is 1. The molecule has 0 spiro atoms. The van der Waals surface area contributed by atoms with Crippen LogP contribution in [0, 0.1) is 0 Å². The molecule has 0 fully saturated rings. The zero-order valence-corrected chi connectivity index (χ0v) is 8.61. The number of methoxy groups -OCH3 is 1. The number of hydrogen-bond donors (Lipinski definition) is 0. The first-order valence-electron chi connectivity index (χ1n) is 4.64. The second-order valence-electron chi connectivity index (χ2n) is 3.42. The third-order valence-electron chi connectivity index (χ3n) is 2.44. The van der Waals surface area contributed by atoms with Crippen molar-refractivity contribution >= 4 is 17.5 Å². The maximum Gasteiger partial charge on any atom is 0.238 e. The summed E-state index contributed by atoms with van der Waals surface area (Å²) in [4.78, 5) is 24.0. The molecule has 4 heteroatoms. The molecule has 1 aliphatic heterocycles. The second-order valence-corrected chi connectivity index (χ2v) is 3.42. The lowest BCUT2D eigenvalue weighted by atomic mass is 10.1. The van der Waals surface area contributed by atoms with E-state index in [1.165, 1.54) is 11.8 Å². The molecule has 0 saturated heterocycles. The van der Waals surface area contributed by atoms with Gasteiger partial charge in [-0.2, -0.15) is 0 Å². The Bertz CT molecular complexity index is 439. The number of carbonyl (C=O) groups excluding carboxylic acids is 2. The maximum atomic E-state index is 11.5. The summed E-state index contributed by atoms with van der Waals surface area (Å²) in [5.41, 5.74) is 1.52. The number of carbonyl (C=O) groups is 2. The van der Waals surface area contributed by atoms with Crippen LogP contribution in [0.3, 0.4) is 0 Å². The normalized spacial score (nSPS) is 14.0. The van der Waals surface area contributed by atoms with Crippen molar-refractivity contribution in [3.05, 3.63) is 23.8 Å². The van der Waals surface area contributed by atoms with Crippen molar-refractivity contribution in [3.63, 3.8) is 0 Å². The first-order valence-corrected chi connectivity index (χ1v) is 4.64. The minimum atomic E-state index is -0.257. The van der Waals surface area contributed by atoms with E-state index >= 15 is 0 Å². The summed E-state index contributed by atoms with van der Waals surface area (Å²) >= 11 is 0. The van der Waals surface area contributed by atoms with Crippen molar-refractivity contribution in [2.24, 2.45) is 0 Å². The Morgan fingerprint density at radius 3 is 2.80 bits per heavy atom. The van der Waals surface area contributed by atoms with Crippen LogP contribution in [0.2, 0.25) is 0 Å². The van der Waals surface area contributed by atoms with Gasteiger partial charge < -0.3 is 4.74 Å². The zero-order chi connectivity index (χ0) is 11.0. The molecule has 1 aromatic rings. The Balaban J connectivity index is 2.50. The van der Waals surface area contributed by atoms with E-state index in [1.54, 1.807) is 19.2 Å². The molecule has 15 heavy (non-hydrogen) atoms. The molecule has 0 aromatic heterocycles. The van der Waals surface area contributed by atoms with Crippen LogP contribution in [0.4, 0.5) is 5.69 Å². The van der Waals surface area contributed by atoms with Gasteiger partial charge in [-0.3, -0.25) is 14.5 Å². The summed E-state index contributed by atoms with van der Waals surface area (Å²) in [7, 11) is 1.55. The lowest BCUT2D eigenvalue weighted by Gasteiger charge is -2.13. The van der Waals surface area contributed by atoms with E-state index in [4.69, 9.17) is 4.74 Å². The fourth-order valence-corrected chi connectivity index (χ4v) is 1.75. The summed E-state index contributed by atoms with van der Waals surface area (Å²) in [5, 5.41) is 0. The van der Waals surface area contributed by atoms with Gasteiger partial charge in [0.15, 0.2) is 0 Å². The van der Waals surface area contributed by atoms with Crippen LogP contribution in [0.1, 0.15) is 12.5 Å². The monoisotopic (exact) mass is 205 g/mol. The molecule has 1 aliphatic rings. The van der Waals surface area contributed by atoms with Crippen molar-refractivity contribution < 1.29 is 14.3 Å². The highest BCUT2D eigenvalue weighted by Gasteiger charge is 2.30. The molecule has 78 valence electrons. The van der Waals surface area contributed by atoms with Crippen LogP contribution in [0.5, 0.6) is 5.75 Å². The summed E-state index contributed by atoms with van der Waals surface area (Å²) in [5.74, 6) is 0.215. The summed E-state index contributed by atoms with van der Waals surface area (Å²) in [6, 6.07) is 5.31. The van der Waals surface area contributed by atoms with Gasteiger partial charge in [0.05, 0.1) is 19.2 Å². The van der Waals surface area contributed by atoms with E-state index in [2.05, 4.69) is 0 Å². The molecular weight excluding hydrogens is 194 g/mol. The van der Waals surface area contributed by atoms with Crippen LogP contribution >= 0.6 is 0 Å². The highest BCUT2D eigenvalue weighted by Crippen LogP contribution is 2.32. The van der Waals surface area contributed by atoms with Crippen molar-refractivity contribution in [3.8, 4) is 5.75 Å². The van der Waals surface area contributed by atoms with Gasteiger partial charge in [-0.1, -0.05) is 6.07 Å². The third kappa shape index (κ3) is 1.48. The molecule has 0 N–H and O–H groups in total. The minimum absolute atomic E-state index is 0.175. The number of anilines is 1. The zero-order valence-electron chi connectivity index (χ0n) is 8.61. The molecular formula is C11H11NO3. The van der Waals surface area contributed by atoms with Crippen molar-refractivity contribution in [1.82, 2.24) is 0 Å². The van der Waals surface area contributed by atoms with Gasteiger partial charge in [-0.25, -0.2) is 0 Å². The molecule has 2 rings (SSSR count). The van der Waals surface area contributed by atoms with E-state index in [1.807, 2.05) is 6.07 Å². The number of fused-ring (bicyclic) bond motifs is 1. The molecule has 4 nitrogen and oxygen atoms in total. The first-order chi connectivity index (χ1) is 7.13. The Labute approximate surface area is 87.4 Å². The molecule has 1 aromatic carbocycles. The molecule has 0 atom stereocenters. The van der Waals surface area contributed by atoms with Gasteiger partial charge >= 0.3 is 0 Å². The fraction of sp³-hybridized carbons (Fsp3) is 0.273. The van der Waals surface area contributed by atoms with E-state index < -0.39 is 0 Å². The Morgan fingerprint density at radius 1 is 1.47 bits per heavy atom. The molecule has 0 aliphatic carbocycles. The van der Waals surface area contributed by atoms with Gasteiger partial charge in [0.25, 0.3) is 0 Å². The van der Waals surface area contributed by atoms with Crippen LogP contribution in [0.25, 0.3) is 0 Å². The van der Waals surface area contributed by atoms with Gasteiger partial charge in [0, 0.05) is 13.0 Å². The highest BCUT2D eigenvalue weighted by molar-refractivity contribution is 6.18. The SMILES string of the molecule is COc1ccc2c(c1)N(C(C)=O)C(=O)C2. The smallest absolute Gasteiger partial charge is 0.238 e. The highest BCUT2D eigenvalue weighted by atomic mass is 16.5. The van der Waals surface area contributed by atoms with Crippen molar-refractivity contribution in [2.75, 3.05) is 12.0 Å². The Kier molecular flexibility index (Phi) is 2.19. The lowest BCUT2D eigenvalue weighted by molar-refractivity contribution is -0.124. The quantitative estimate of drug-likeness (QED) is 0.690. The molecule has 1 heterocycles. The van der Waals surface area contributed by atoms with E-state index in [0.717, 1.165) is 5.56 Å². The van der Waals surface area contributed by atoms with E-state index in [0.29, 0.717) is 17.9 Å². The number of nitrogens with zero attached hydrogens (tertiary/aromatic N) is 1. The molecule has 0 unspecified atom stereocenters. The van der Waals surface area contributed by atoms with Gasteiger partial charge in [-0.05, 0) is 11.6 Å². The first kappa shape index (κ1) is 9.71. The summed E-state index contributed by atoms with van der Waals surface area (Å²) < 4.78 is 5.05. The largest absolute Gasteiger partial charge is 0.497 e. The maximum absolute atomic E-state index is 11.5. The number of hydrogen-bond acceptors (Lipinski definition) is 3. The average Bonchev–Trinajstić information content (AvgIpc) is 2.52. The molecule has 0 saturated carbocycles. The summed E-state index contributed by atoms with van der Waals surface area (Å²) in [6.07, 6.45) is 0.291. The van der Waals surface area contributed by atoms with Gasteiger partial charge in [0.1, 0.15) is 5.75 Å². The van der Waals surface area contributed by atoms with Crippen LogP contribution < -0.4 is 9.64 Å². The lowest BCUT2D eigenvalue weighted by Crippen LogP contribution is -2.31. The van der Waals surface area contributed by atoms with Crippen LogP contribution in [0.15, 0.2) is 18.2 Å². The van der Waals surface area contributed by atoms with Crippen molar-refractivity contribution in [2.45, 2.75) is 13.3 Å². The predicted molar refractivity (Wildman–Crippen MR) is 54.9 cm³/mol. The number of rotatable bonds is 1. The van der Waals surface area contributed by atoms with Crippen LogP contribution in [-0.4, -0.2) is 18.9 Å². The second kappa shape index (κ2) is 3.38. The van der Waals surface area contributed by atoms with Gasteiger partial charge in [0.2, 0.25) is 11.8 Å². The standard InChI is InChI=1S/C11H11NO3/c1-7(13)12-10-6-9(15-2)4-3-8(10)5-11(12)14/h3-4,6H,5H2,1-2H3. The summed E-state index contributed by atoms with van der Waals surface area (Å²) in [6.45, 7) is 1.38. The minimum Gasteiger partial charge on any atom is -0.497 e. The van der Waals surface area contributed by atoms with E-state index in [-0.39, 0.29) is 11.8 Å².